The summed E-state index contributed by atoms with van der Waals surface area (Å²) in [5.41, 5.74) is -2.84. The third-order valence-corrected chi connectivity index (χ3v) is 5.61. The molecule has 0 aliphatic carbocycles. The molecule has 0 saturated heterocycles. The molecule has 0 fully saturated rings. The number of alkyl halides is 3. The van der Waals surface area contributed by atoms with E-state index >= 15 is 0 Å². The molecule has 11 heteroatoms. The van der Waals surface area contributed by atoms with E-state index in [1.165, 1.54) is 30.2 Å². The fraction of sp³-hybridized carbons (Fsp3) is 0.316. The number of anilines is 1. The summed E-state index contributed by atoms with van der Waals surface area (Å²) in [7, 11) is 2.43. The number of hydrogen-bond acceptors (Lipinski definition) is 4. The minimum absolute atomic E-state index is 0.0196. The number of rotatable bonds is 5. The highest BCUT2D eigenvalue weighted by molar-refractivity contribution is 9.10. The van der Waals surface area contributed by atoms with Gasteiger partial charge < -0.3 is 9.64 Å². The summed E-state index contributed by atoms with van der Waals surface area (Å²) in [5.74, 6) is 0.590. The average Bonchev–Trinajstić information content (AvgIpc) is 2.68. The van der Waals surface area contributed by atoms with E-state index in [4.69, 9.17) is 4.74 Å². The number of nitrogens with zero attached hydrogens (tertiary/aromatic N) is 3. The van der Waals surface area contributed by atoms with E-state index in [0.29, 0.717) is 20.7 Å². The summed E-state index contributed by atoms with van der Waals surface area (Å²) in [6, 6.07) is 9.75. The molecule has 3 rings (SSSR count). The van der Waals surface area contributed by atoms with Crippen LogP contribution in [0.25, 0.3) is 0 Å². The second kappa shape index (κ2) is 7.78. The summed E-state index contributed by atoms with van der Waals surface area (Å²) in [5, 5.41) is 11.2. The van der Waals surface area contributed by atoms with Gasteiger partial charge in [0.25, 0.3) is 0 Å². The molecule has 7 nitrogen and oxygen atoms in total. The lowest BCUT2D eigenvalue weighted by molar-refractivity contribution is -0.509. The number of benzene rings is 2. The van der Waals surface area contributed by atoms with Crippen LogP contribution in [0.5, 0.6) is 5.75 Å². The van der Waals surface area contributed by atoms with Gasteiger partial charge in [0.2, 0.25) is 12.1 Å². The quantitative estimate of drug-likeness (QED) is 0.457. The van der Waals surface area contributed by atoms with Crippen LogP contribution >= 0.6 is 15.9 Å². The van der Waals surface area contributed by atoms with Gasteiger partial charge in [0.05, 0.1) is 19.3 Å². The second-order valence-corrected chi connectivity index (χ2v) is 7.70. The maximum atomic E-state index is 14.3. The topological polar surface area (TPSA) is 75.9 Å². The Kier molecular flexibility index (Phi) is 5.68. The molecule has 2 aromatic carbocycles. The zero-order valence-corrected chi connectivity index (χ0v) is 17.5. The normalized spacial score (nSPS) is 18.9. The van der Waals surface area contributed by atoms with Crippen LogP contribution in [0.15, 0.2) is 46.9 Å². The van der Waals surface area contributed by atoms with Gasteiger partial charge in [0.15, 0.2) is 0 Å². The highest BCUT2D eigenvalue weighted by atomic mass is 79.9. The number of halogens is 4. The van der Waals surface area contributed by atoms with Crippen molar-refractivity contribution in [1.29, 1.82) is 0 Å². The van der Waals surface area contributed by atoms with Crippen molar-refractivity contribution in [2.24, 2.45) is 0 Å². The number of nitro groups is 1. The molecule has 0 radical (unpaired) electrons. The summed E-state index contributed by atoms with van der Waals surface area (Å²) >= 11 is 3.14. The third kappa shape index (κ3) is 3.57. The van der Waals surface area contributed by atoms with Crippen molar-refractivity contribution in [3.63, 3.8) is 0 Å². The molecule has 2 amide bonds. The number of carbonyl (C=O) groups is 1. The molecule has 1 unspecified atom stereocenters. The first-order valence-corrected chi connectivity index (χ1v) is 9.47. The number of carbonyl (C=O) groups excluding carboxylic acids is 1. The molecule has 0 spiro atoms. The van der Waals surface area contributed by atoms with Gasteiger partial charge in [-0.1, -0.05) is 28.1 Å². The summed E-state index contributed by atoms with van der Waals surface area (Å²) < 4.78 is 48.2. The van der Waals surface area contributed by atoms with E-state index in [1.807, 2.05) is 0 Å². The molecule has 1 aliphatic heterocycles. The lowest BCUT2D eigenvalue weighted by atomic mass is 9.83. The SMILES string of the molecule is COc1ccc(CN2C(=O)N(C)C(C[N+](=O)[O-])(C(F)(F)F)c3cc(Br)ccc32)cc1. The first-order chi connectivity index (χ1) is 14.0. The van der Waals surface area contributed by atoms with Crippen molar-refractivity contribution in [2.75, 3.05) is 25.6 Å². The maximum Gasteiger partial charge on any atom is 0.422 e. The molecular formula is C19H17BrF3N3O4. The zero-order valence-electron chi connectivity index (χ0n) is 15.9. The van der Waals surface area contributed by atoms with Crippen LogP contribution in [-0.4, -0.2) is 42.7 Å². The number of methoxy groups -OCH3 is 1. The fourth-order valence-electron chi connectivity index (χ4n) is 3.58. The number of hydrogen-bond donors (Lipinski definition) is 0. The largest absolute Gasteiger partial charge is 0.497 e. The lowest BCUT2D eigenvalue weighted by Crippen LogP contribution is -2.66. The molecule has 0 saturated carbocycles. The number of likely N-dealkylation sites (N-methyl/N-ethyl adjacent to an activating group) is 1. The maximum absolute atomic E-state index is 14.3. The highest BCUT2D eigenvalue weighted by Crippen LogP contribution is 2.51. The Hall–Kier alpha value is -2.82. The van der Waals surface area contributed by atoms with Crippen molar-refractivity contribution >= 4 is 27.6 Å². The van der Waals surface area contributed by atoms with Gasteiger partial charge in [-0.2, -0.15) is 13.2 Å². The van der Waals surface area contributed by atoms with Crippen LogP contribution in [0, 0.1) is 10.1 Å². The molecule has 0 N–H and O–H groups in total. The number of ether oxygens (including phenoxy) is 1. The van der Waals surface area contributed by atoms with Crippen LogP contribution in [0.2, 0.25) is 0 Å². The van der Waals surface area contributed by atoms with E-state index in [2.05, 4.69) is 15.9 Å². The Balaban J connectivity index is 2.18. The Morgan fingerprint density at radius 2 is 1.83 bits per heavy atom. The van der Waals surface area contributed by atoms with Crippen molar-refractivity contribution < 1.29 is 27.6 Å². The molecular weight excluding hydrogens is 471 g/mol. The van der Waals surface area contributed by atoms with Crippen molar-refractivity contribution in [1.82, 2.24) is 4.90 Å². The Morgan fingerprint density at radius 3 is 2.37 bits per heavy atom. The molecule has 160 valence electrons. The van der Waals surface area contributed by atoms with E-state index in [1.54, 1.807) is 24.3 Å². The van der Waals surface area contributed by atoms with Gasteiger partial charge in [-0.15, -0.1) is 0 Å². The molecule has 1 aliphatic rings. The molecule has 0 aromatic heterocycles. The Morgan fingerprint density at radius 1 is 1.20 bits per heavy atom. The van der Waals surface area contributed by atoms with Crippen molar-refractivity contribution in [2.45, 2.75) is 18.3 Å². The molecule has 1 heterocycles. The summed E-state index contributed by atoms with van der Waals surface area (Å²) in [6.07, 6.45) is -5.08. The van der Waals surface area contributed by atoms with Gasteiger partial charge >= 0.3 is 12.2 Å². The van der Waals surface area contributed by atoms with Gasteiger partial charge in [-0.3, -0.25) is 15.0 Å². The van der Waals surface area contributed by atoms with Crippen molar-refractivity contribution in [3.05, 3.63) is 68.2 Å². The van der Waals surface area contributed by atoms with Crippen LogP contribution in [-0.2, 0) is 12.1 Å². The van der Waals surface area contributed by atoms with Crippen LogP contribution < -0.4 is 9.64 Å². The first-order valence-electron chi connectivity index (χ1n) is 8.68. The Bertz CT molecular complexity index is 984. The third-order valence-electron chi connectivity index (χ3n) is 5.11. The smallest absolute Gasteiger partial charge is 0.422 e. The summed E-state index contributed by atoms with van der Waals surface area (Å²) in [4.78, 5) is 24.8. The summed E-state index contributed by atoms with van der Waals surface area (Å²) in [6.45, 7) is -1.52. The second-order valence-electron chi connectivity index (χ2n) is 6.79. The predicted octanol–water partition coefficient (Wildman–Crippen LogP) is 4.56. The number of urea groups is 1. The molecule has 1 atom stereocenters. The van der Waals surface area contributed by atoms with Crippen LogP contribution in [0.1, 0.15) is 11.1 Å². The van der Waals surface area contributed by atoms with Gasteiger partial charge in [-0.25, -0.2) is 4.79 Å². The van der Waals surface area contributed by atoms with Gasteiger partial charge in [-0.05, 0) is 35.9 Å². The Labute approximate surface area is 178 Å². The monoisotopic (exact) mass is 487 g/mol. The van der Waals surface area contributed by atoms with E-state index in [-0.39, 0.29) is 17.8 Å². The van der Waals surface area contributed by atoms with Crippen LogP contribution in [0.3, 0.4) is 0 Å². The average molecular weight is 488 g/mol. The standard InChI is InChI=1S/C19H17BrF3N3O4/c1-24-17(27)25(10-12-3-6-14(30-2)7-4-12)16-8-5-13(20)9-15(16)18(24,11-26(28)29)19(21,22)23/h3-9H,10-11H2,1-2H3. The molecule has 30 heavy (non-hydrogen) atoms. The number of fused-ring (bicyclic) bond motifs is 1. The van der Waals surface area contributed by atoms with E-state index < -0.39 is 29.2 Å². The minimum Gasteiger partial charge on any atom is -0.497 e. The number of amides is 2. The van der Waals surface area contributed by atoms with Gasteiger partial charge in [0, 0.05) is 22.0 Å². The first kappa shape index (κ1) is 21.9. The van der Waals surface area contributed by atoms with Gasteiger partial charge in [0.1, 0.15) is 5.75 Å². The van der Waals surface area contributed by atoms with E-state index in [0.717, 1.165) is 7.05 Å². The van der Waals surface area contributed by atoms with Crippen LogP contribution in [0.4, 0.5) is 23.7 Å². The molecule has 0 bridgehead atoms. The molecule has 2 aromatic rings. The lowest BCUT2D eigenvalue weighted by Gasteiger charge is -2.47. The zero-order chi connectivity index (χ0) is 22.3. The van der Waals surface area contributed by atoms with Crippen molar-refractivity contribution in [3.8, 4) is 5.75 Å². The van der Waals surface area contributed by atoms with E-state index in [9.17, 15) is 28.1 Å². The highest BCUT2D eigenvalue weighted by Gasteiger charge is 2.67. The minimum atomic E-state index is -5.08. The predicted molar refractivity (Wildman–Crippen MR) is 106 cm³/mol. The fourth-order valence-corrected chi connectivity index (χ4v) is 3.94.